The molecule has 1 heterocycles. The zero-order valence-corrected chi connectivity index (χ0v) is 7.66. The zero-order valence-electron chi connectivity index (χ0n) is 7.66. The number of alkyl halides is 3. The van der Waals surface area contributed by atoms with Crippen molar-refractivity contribution in [2.45, 2.75) is 31.2 Å². The highest BCUT2D eigenvalue weighted by molar-refractivity contribution is 5.84. The molecule has 0 aromatic rings. The standard InChI is InChI=1S/C8H9F3N2O2/c9-8(10,11)7(15)3-4-12-13(7)6(14)5-1-2-5/h4-5,15H,1-3H2. The molecule has 0 radical (unpaired) electrons. The number of amides is 1. The summed E-state index contributed by atoms with van der Waals surface area (Å²) in [5, 5.41) is 12.9. The van der Waals surface area contributed by atoms with Crippen molar-refractivity contribution >= 4 is 12.1 Å². The molecule has 2 aliphatic rings. The molecule has 84 valence electrons. The fourth-order valence-electron chi connectivity index (χ4n) is 1.41. The van der Waals surface area contributed by atoms with E-state index < -0.39 is 30.1 Å². The predicted octanol–water partition coefficient (Wildman–Crippen LogP) is 0.865. The number of carbonyl (C=O) groups excluding carboxylic acids is 1. The van der Waals surface area contributed by atoms with Crippen LogP contribution in [0.5, 0.6) is 0 Å². The Labute approximate surface area is 83.4 Å². The minimum absolute atomic E-state index is 0.171. The highest BCUT2D eigenvalue weighted by atomic mass is 19.4. The van der Waals surface area contributed by atoms with Crippen LogP contribution in [0, 0.1) is 5.92 Å². The van der Waals surface area contributed by atoms with Gasteiger partial charge in [-0.2, -0.15) is 23.3 Å². The Morgan fingerprint density at radius 1 is 1.53 bits per heavy atom. The highest BCUT2D eigenvalue weighted by Crippen LogP contribution is 2.42. The second-order valence-corrected chi connectivity index (χ2v) is 3.74. The Kier molecular flexibility index (Phi) is 2.04. The first-order chi connectivity index (χ1) is 6.86. The van der Waals surface area contributed by atoms with Crippen LogP contribution in [0.2, 0.25) is 0 Å². The van der Waals surface area contributed by atoms with Crippen molar-refractivity contribution in [1.82, 2.24) is 5.01 Å². The van der Waals surface area contributed by atoms with Crippen molar-refractivity contribution < 1.29 is 23.1 Å². The SMILES string of the molecule is O=C(C1CC1)N1N=CCC1(O)C(F)(F)F. The minimum atomic E-state index is -4.88. The Morgan fingerprint density at radius 3 is 2.60 bits per heavy atom. The molecule has 1 aliphatic heterocycles. The molecule has 1 fully saturated rings. The van der Waals surface area contributed by atoms with Crippen molar-refractivity contribution in [1.29, 1.82) is 0 Å². The van der Waals surface area contributed by atoms with Crippen LogP contribution in [0.4, 0.5) is 13.2 Å². The van der Waals surface area contributed by atoms with Gasteiger partial charge in [0.2, 0.25) is 5.91 Å². The van der Waals surface area contributed by atoms with Gasteiger partial charge < -0.3 is 5.11 Å². The van der Waals surface area contributed by atoms with Gasteiger partial charge in [0.25, 0.3) is 5.72 Å². The van der Waals surface area contributed by atoms with E-state index in [-0.39, 0.29) is 5.01 Å². The summed E-state index contributed by atoms with van der Waals surface area (Å²) in [5.41, 5.74) is -3.15. The van der Waals surface area contributed by atoms with E-state index in [4.69, 9.17) is 0 Å². The third kappa shape index (κ3) is 1.50. The Morgan fingerprint density at radius 2 is 2.13 bits per heavy atom. The Balaban J connectivity index is 2.23. The summed E-state index contributed by atoms with van der Waals surface area (Å²) in [6.07, 6.45) is -3.53. The quantitative estimate of drug-likeness (QED) is 0.715. The molecule has 15 heavy (non-hydrogen) atoms. The maximum atomic E-state index is 12.5. The maximum absolute atomic E-state index is 12.5. The third-order valence-corrected chi connectivity index (χ3v) is 2.51. The number of halogens is 3. The van der Waals surface area contributed by atoms with Gasteiger partial charge in [-0.05, 0) is 12.8 Å². The zero-order chi connectivity index (χ0) is 11.3. The molecule has 0 aromatic carbocycles. The molecule has 1 atom stereocenters. The summed E-state index contributed by atoms with van der Waals surface area (Å²) in [4.78, 5) is 11.4. The number of hydrazone groups is 1. The summed E-state index contributed by atoms with van der Waals surface area (Å²) in [5.74, 6) is -1.15. The van der Waals surface area contributed by atoms with E-state index in [2.05, 4.69) is 5.10 Å². The van der Waals surface area contributed by atoms with E-state index in [9.17, 15) is 23.1 Å². The van der Waals surface area contributed by atoms with Gasteiger partial charge in [0.05, 0.1) is 0 Å². The Hall–Kier alpha value is -1.11. The van der Waals surface area contributed by atoms with Crippen LogP contribution in [-0.4, -0.2) is 34.1 Å². The lowest BCUT2D eigenvalue weighted by Gasteiger charge is -2.32. The van der Waals surface area contributed by atoms with Gasteiger partial charge in [-0.1, -0.05) is 0 Å². The largest absolute Gasteiger partial charge is 0.438 e. The summed E-state index contributed by atoms with van der Waals surface area (Å²) in [6.45, 7) is 0. The van der Waals surface area contributed by atoms with Gasteiger partial charge in [-0.3, -0.25) is 4.79 Å². The smallest absolute Gasteiger partial charge is 0.362 e. The molecular formula is C8H9F3N2O2. The first-order valence-electron chi connectivity index (χ1n) is 4.52. The molecule has 7 heteroatoms. The minimum Gasteiger partial charge on any atom is -0.362 e. The lowest BCUT2D eigenvalue weighted by Crippen LogP contribution is -2.56. The summed E-state index contributed by atoms with van der Waals surface area (Å²) < 4.78 is 37.5. The monoisotopic (exact) mass is 222 g/mol. The van der Waals surface area contributed by atoms with Gasteiger partial charge in [0.15, 0.2) is 0 Å². The molecule has 4 nitrogen and oxygen atoms in total. The fraction of sp³-hybridized carbons (Fsp3) is 0.750. The lowest BCUT2D eigenvalue weighted by atomic mass is 10.1. The average molecular weight is 222 g/mol. The van der Waals surface area contributed by atoms with Crippen LogP contribution < -0.4 is 0 Å². The second-order valence-electron chi connectivity index (χ2n) is 3.74. The molecule has 0 aromatic heterocycles. The number of carbonyl (C=O) groups is 1. The van der Waals surface area contributed by atoms with Gasteiger partial charge in [0.1, 0.15) is 0 Å². The van der Waals surface area contributed by atoms with Crippen molar-refractivity contribution in [2.24, 2.45) is 11.0 Å². The molecule has 0 bridgehead atoms. The molecule has 1 N–H and O–H groups in total. The van der Waals surface area contributed by atoms with Crippen molar-refractivity contribution in [2.75, 3.05) is 0 Å². The van der Waals surface area contributed by atoms with E-state index in [0.29, 0.717) is 12.8 Å². The molecular weight excluding hydrogens is 213 g/mol. The van der Waals surface area contributed by atoms with Crippen LogP contribution in [0.25, 0.3) is 0 Å². The molecule has 2 rings (SSSR count). The van der Waals surface area contributed by atoms with Crippen LogP contribution in [-0.2, 0) is 4.79 Å². The number of hydrogen-bond acceptors (Lipinski definition) is 3. The number of aliphatic hydroxyl groups is 1. The van der Waals surface area contributed by atoms with Crippen molar-refractivity contribution in [3.63, 3.8) is 0 Å². The maximum Gasteiger partial charge on any atom is 0.438 e. The molecule has 1 aliphatic carbocycles. The van der Waals surface area contributed by atoms with E-state index in [1.165, 1.54) is 0 Å². The Bertz CT molecular complexity index is 324. The van der Waals surface area contributed by atoms with E-state index in [1.807, 2.05) is 0 Å². The first kappa shape index (κ1) is 10.4. The summed E-state index contributed by atoms with van der Waals surface area (Å²) in [6, 6.07) is 0. The van der Waals surface area contributed by atoms with E-state index in [1.54, 1.807) is 0 Å². The normalized spacial score (nSPS) is 31.1. The highest BCUT2D eigenvalue weighted by Gasteiger charge is 2.62. The van der Waals surface area contributed by atoms with Gasteiger partial charge in [-0.15, -0.1) is 0 Å². The lowest BCUT2D eigenvalue weighted by molar-refractivity contribution is -0.302. The van der Waals surface area contributed by atoms with Gasteiger partial charge in [-0.25, -0.2) is 0 Å². The van der Waals surface area contributed by atoms with Gasteiger partial charge >= 0.3 is 6.18 Å². The molecule has 0 spiro atoms. The van der Waals surface area contributed by atoms with Crippen LogP contribution in [0.15, 0.2) is 5.10 Å². The third-order valence-electron chi connectivity index (χ3n) is 2.51. The van der Waals surface area contributed by atoms with Crippen LogP contribution in [0.3, 0.4) is 0 Å². The van der Waals surface area contributed by atoms with Crippen molar-refractivity contribution in [3.05, 3.63) is 0 Å². The number of rotatable bonds is 1. The first-order valence-corrected chi connectivity index (χ1v) is 4.52. The van der Waals surface area contributed by atoms with E-state index in [0.717, 1.165) is 6.21 Å². The second kappa shape index (κ2) is 2.94. The van der Waals surface area contributed by atoms with Crippen LogP contribution >= 0.6 is 0 Å². The summed E-state index contributed by atoms with van der Waals surface area (Å²) >= 11 is 0. The topological polar surface area (TPSA) is 52.9 Å². The molecule has 1 unspecified atom stereocenters. The number of hydrogen-bond donors (Lipinski definition) is 1. The van der Waals surface area contributed by atoms with E-state index >= 15 is 0 Å². The molecule has 1 amide bonds. The van der Waals surface area contributed by atoms with Crippen molar-refractivity contribution in [3.8, 4) is 0 Å². The number of nitrogens with zero attached hydrogens (tertiary/aromatic N) is 2. The fourth-order valence-corrected chi connectivity index (χ4v) is 1.41. The molecule has 0 saturated heterocycles. The molecule has 1 saturated carbocycles. The van der Waals surface area contributed by atoms with Crippen LogP contribution in [0.1, 0.15) is 19.3 Å². The average Bonchev–Trinajstić information content (AvgIpc) is 2.87. The predicted molar refractivity (Wildman–Crippen MR) is 43.7 cm³/mol. The summed E-state index contributed by atoms with van der Waals surface area (Å²) in [7, 11) is 0. The van der Waals surface area contributed by atoms with Gasteiger partial charge in [0, 0.05) is 18.6 Å².